The fourth-order valence-corrected chi connectivity index (χ4v) is 4.90. The van der Waals surface area contributed by atoms with Crippen LogP contribution in [0.4, 0.5) is 5.69 Å². The molecule has 2 aliphatic heterocycles. The first-order valence-corrected chi connectivity index (χ1v) is 8.06. The second kappa shape index (κ2) is 3.93. The summed E-state index contributed by atoms with van der Waals surface area (Å²) in [6.07, 6.45) is 0. The van der Waals surface area contributed by atoms with Crippen LogP contribution in [-0.4, -0.2) is 37.1 Å². The van der Waals surface area contributed by atoms with E-state index in [1.807, 2.05) is 36.1 Å². The lowest BCUT2D eigenvalue weighted by Gasteiger charge is -2.23. The molecule has 0 aliphatic carbocycles. The molecule has 2 atom stereocenters. The van der Waals surface area contributed by atoms with Gasteiger partial charge in [-0.3, -0.25) is 0 Å². The number of benzene rings is 1. The first-order chi connectivity index (χ1) is 8.46. The topological polar surface area (TPSA) is 49.4 Å². The third kappa shape index (κ3) is 1.89. The minimum absolute atomic E-state index is 0.0646. The lowest BCUT2D eigenvalue weighted by atomic mass is 10.1. The Hall–Kier alpha value is -1.14. The van der Waals surface area contributed by atoms with E-state index in [0.29, 0.717) is 5.11 Å². The van der Waals surface area contributed by atoms with Crippen molar-refractivity contribution in [1.29, 1.82) is 0 Å². The number of sulfone groups is 1. The minimum Gasteiger partial charge on any atom is -0.356 e. The first kappa shape index (κ1) is 11.9. The van der Waals surface area contributed by atoms with E-state index in [2.05, 4.69) is 5.32 Å². The van der Waals surface area contributed by atoms with Crippen molar-refractivity contribution < 1.29 is 8.42 Å². The maximum Gasteiger partial charge on any atom is 0.174 e. The normalized spacial score (nSPS) is 29.2. The third-order valence-electron chi connectivity index (χ3n) is 3.49. The van der Waals surface area contributed by atoms with E-state index in [0.717, 1.165) is 5.69 Å². The number of nitrogens with one attached hydrogen (secondary N) is 1. The van der Waals surface area contributed by atoms with Crippen molar-refractivity contribution >= 4 is 32.9 Å². The van der Waals surface area contributed by atoms with Crippen LogP contribution in [0.1, 0.15) is 5.56 Å². The standard InChI is InChI=1S/C12H14N2O2S2/c1-8-2-4-9(5-3-8)14-11-7-18(15,16)6-10(11)13-12(14)17/h2-5,10-11H,6-7H2,1H3,(H,13,17)/t10-,11+/m1/s1. The molecular weight excluding hydrogens is 268 g/mol. The van der Waals surface area contributed by atoms with Crippen molar-refractivity contribution in [2.24, 2.45) is 0 Å². The number of hydrogen-bond acceptors (Lipinski definition) is 3. The molecule has 6 heteroatoms. The highest BCUT2D eigenvalue weighted by Gasteiger charge is 2.47. The van der Waals surface area contributed by atoms with E-state index < -0.39 is 9.84 Å². The van der Waals surface area contributed by atoms with Gasteiger partial charge in [-0.15, -0.1) is 0 Å². The Bertz CT molecular complexity index is 595. The molecule has 0 radical (unpaired) electrons. The molecule has 3 rings (SSSR count). The molecule has 1 aromatic rings. The van der Waals surface area contributed by atoms with Crippen LogP contribution < -0.4 is 10.2 Å². The van der Waals surface area contributed by atoms with Crippen molar-refractivity contribution in [3.8, 4) is 0 Å². The highest BCUT2D eigenvalue weighted by atomic mass is 32.2. The lowest BCUT2D eigenvalue weighted by Crippen LogP contribution is -2.36. The Kier molecular flexibility index (Phi) is 2.60. The number of fused-ring (bicyclic) bond motifs is 1. The summed E-state index contributed by atoms with van der Waals surface area (Å²) in [5, 5.41) is 3.74. The van der Waals surface area contributed by atoms with Crippen LogP contribution in [0, 0.1) is 6.92 Å². The van der Waals surface area contributed by atoms with Crippen molar-refractivity contribution in [1.82, 2.24) is 5.32 Å². The van der Waals surface area contributed by atoms with E-state index in [1.165, 1.54) is 5.56 Å². The molecule has 1 aromatic carbocycles. The Morgan fingerprint density at radius 1 is 1.28 bits per heavy atom. The average molecular weight is 282 g/mol. The highest BCUT2D eigenvalue weighted by molar-refractivity contribution is 7.91. The lowest BCUT2D eigenvalue weighted by molar-refractivity contribution is 0.600. The summed E-state index contributed by atoms with van der Waals surface area (Å²) in [6.45, 7) is 2.02. The molecule has 2 aliphatic rings. The summed E-state index contributed by atoms with van der Waals surface area (Å²) in [4.78, 5) is 1.93. The quantitative estimate of drug-likeness (QED) is 0.774. The highest BCUT2D eigenvalue weighted by Crippen LogP contribution is 2.29. The molecule has 96 valence electrons. The third-order valence-corrected chi connectivity index (χ3v) is 5.53. The van der Waals surface area contributed by atoms with Crippen LogP contribution in [0.15, 0.2) is 24.3 Å². The molecule has 1 N–H and O–H groups in total. The van der Waals surface area contributed by atoms with Gasteiger partial charge in [-0.25, -0.2) is 8.42 Å². The van der Waals surface area contributed by atoms with E-state index in [4.69, 9.17) is 12.2 Å². The van der Waals surface area contributed by atoms with Gasteiger partial charge in [-0.1, -0.05) is 17.7 Å². The maximum absolute atomic E-state index is 11.7. The molecule has 2 saturated heterocycles. The van der Waals surface area contributed by atoms with Crippen molar-refractivity contribution in [3.63, 3.8) is 0 Å². The van der Waals surface area contributed by atoms with Gasteiger partial charge >= 0.3 is 0 Å². The molecule has 0 bridgehead atoms. The zero-order valence-corrected chi connectivity index (χ0v) is 11.6. The smallest absolute Gasteiger partial charge is 0.174 e. The summed E-state index contributed by atoms with van der Waals surface area (Å²) in [6, 6.07) is 7.85. The van der Waals surface area contributed by atoms with Crippen molar-refractivity contribution in [3.05, 3.63) is 29.8 Å². The summed E-state index contributed by atoms with van der Waals surface area (Å²) in [7, 11) is -2.94. The number of hydrogen-bond donors (Lipinski definition) is 1. The molecule has 18 heavy (non-hydrogen) atoms. The molecule has 0 amide bonds. The zero-order chi connectivity index (χ0) is 12.9. The molecular formula is C12H14N2O2S2. The summed E-state index contributed by atoms with van der Waals surface area (Å²) in [5.74, 6) is 0.360. The second-order valence-corrected chi connectivity index (χ2v) is 7.45. The molecule has 4 nitrogen and oxygen atoms in total. The predicted octanol–water partition coefficient (Wildman–Crippen LogP) is 0.855. The van der Waals surface area contributed by atoms with Gasteiger partial charge in [-0.05, 0) is 31.3 Å². The molecule has 2 heterocycles. The Balaban J connectivity index is 1.96. The van der Waals surface area contributed by atoms with Crippen LogP contribution in [-0.2, 0) is 9.84 Å². The van der Waals surface area contributed by atoms with Crippen LogP contribution in [0.3, 0.4) is 0 Å². The van der Waals surface area contributed by atoms with Gasteiger partial charge in [0.1, 0.15) is 0 Å². The zero-order valence-electron chi connectivity index (χ0n) is 9.96. The first-order valence-electron chi connectivity index (χ1n) is 5.83. The van der Waals surface area contributed by atoms with Crippen molar-refractivity contribution in [2.75, 3.05) is 16.4 Å². The van der Waals surface area contributed by atoms with Gasteiger partial charge < -0.3 is 10.2 Å². The number of anilines is 1. The monoisotopic (exact) mass is 282 g/mol. The number of thiocarbonyl (C=S) groups is 1. The van der Waals surface area contributed by atoms with Gasteiger partial charge in [0, 0.05) is 5.69 Å². The van der Waals surface area contributed by atoms with E-state index in [-0.39, 0.29) is 23.6 Å². The van der Waals surface area contributed by atoms with E-state index >= 15 is 0 Å². The minimum atomic E-state index is -2.94. The van der Waals surface area contributed by atoms with Gasteiger partial charge in [0.25, 0.3) is 0 Å². The van der Waals surface area contributed by atoms with Gasteiger partial charge in [0.2, 0.25) is 0 Å². The van der Waals surface area contributed by atoms with Crippen LogP contribution in [0.2, 0.25) is 0 Å². The number of nitrogens with zero attached hydrogens (tertiary/aromatic N) is 1. The summed E-state index contributed by atoms with van der Waals surface area (Å²) >= 11 is 5.30. The SMILES string of the molecule is Cc1ccc(N2C(=S)N[C@@H]3CS(=O)(=O)C[C@@H]32)cc1. The fourth-order valence-electron chi connectivity index (χ4n) is 2.61. The van der Waals surface area contributed by atoms with Crippen molar-refractivity contribution in [2.45, 2.75) is 19.0 Å². The maximum atomic E-state index is 11.7. The van der Waals surface area contributed by atoms with Gasteiger partial charge in [0.15, 0.2) is 14.9 Å². The van der Waals surface area contributed by atoms with Crippen LogP contribution in [0.25, 0.3) is 0 Å². The van der Waals surface area contributed by atoms with Crippen LogP contribution in [0.5, 0.6) is 0 Å². The number of rotatable bonds is 1. The largest absolute Gasteiger partial charge is 0.356 e. The number of aryl methyl sites for hydroxylation is 1. The Morgan fingerprint density at radius 2 is 1.94 bits per heavy atom. The average Bonchev–Trinajstić information content (AvgIpc) is 2.70. The molecule has 0 aromatic heterocycles. The second-order valence-electron chi connectivity index (χ2n) is 4.91. The predicted molar refractivity (Wildman–Crippen MR) is 75.6 cm³/mol. The molecule has 0 spiro atoms. The van der Waals surface area contributed by atoms with E-state index in [9.17, 15) is 8.42 Å². The van der Waals surface area contributed by atoms with Gasteiger partial charge in [-0.2, -0.15) is 0 Å². The molecule has 0 saturated carbocycles. The molecule has 0 unspecified atom stereocenters. The Morgan fingerprint density at radius 3 is 2.61 bits per heavy atom. The van der Waals surface area contributed by atoms with Gasteiger partial charge in [0.05, 0.1) is 23.6 Å². The van der Waals surface area contributed by atoms with Crippen LogP contribution >= 0.6 is 12.2 Å². The summed E-state index contributed by atoms with van der Waals surface area (Å²) in [5.41, 5.74) is 2.13. The fraction of sp³-hybridized carbons (Fsp3) is 0.417. The Labute approximate surface area is 112 Å². The summed E-state index contributed by atoms with van der Waals surface area (Å²) < 4.78 is 23.3. The van der Waals surface area contributed by atoms with E-state index in [1.54, 1.807) is 0 Å². The molecule has 2 fully saturated rings.